The van der Waals surface area contributed by atoms with Gasteiger partial charge in [0.15, 0.2) is 0 Å². The number of morpholine rings is 1. The first-order valence-corrected chi connectivity index (χ1v) is 16.8. The summed E-state index contributed by atoms with van der Waals surface area (Å²) in [5.74, 6) is 3.49. The Bertz CT molecular complexity index is 1670. The minimum Gasteiger partial charge on any atom is -0.497 e. The van der Waals surface area contributed by atoms with E-state index in [1.807, 2.05) is 46.5 Å². The summed E-state index contributed by atoms with van der Waals surface area (Å²) in [6, 6.07) is 16.1. The fourth-order valence-corrected chi connectivity index (χ4v) is 6.45. The van der Waals surface area contributed by atoms with Crippen molar-refractivity contribution < 1.29 is 19.0 Å². The van der Waals surface area contributed by atoms with Crippen LogP contribution in [0.25, 0.3) is 11.3 Å². The Morgan fingerprint density at radius 3 is 1.96 bits per heavy atom. The second-order valence-corrected chi connectivity index (χ2v) is 12.6. The Hall–Kier alpha value is -5.01. The Labute approximate surface area is 287 Å². The first kappa shape index (κ1) is 32.5. The van der Waals surface area contributed by atoms with E-state index < -0.39 is 0 Å². The molecule has 2 aromatic carbocycles. The van der Waals surface area contributed by atoms with E-state index in [-0.39, 0.29) is 6.03 Å². The number of anilines is 3. The van der Waals surface area contributed by atoms with Crippen molar-refractivity contribution in [2.24, 2.45) is 0 Å². The number of urea groups is 1. The third kappa shape index (κ3) is 7.22. The maximum Gasteiger partial charge on any atom is 0.325 e. The molecule has 13 heteroatoms. The van der Waals surface area contributed by atoms with Crippen LogP contribution in [0.1, 0.15) is 16.7 Å². The number of ether oxygens (including phenoxy) is 3. The van der Waals surface area contributed by atoms with E-state index in [0.717, 1.165) is 52.5 Å². The van der Waals surface area contributed by atoms with Gasteiger partial charge in [-0.1, -0.05) is 24.3 Å². The summed E-state index contributed by atoms with van der Waals surface area (Å²) < 4.78 is 16.3. The lowest BCUT2D eigenvalue weighted by atomic mass is 10.1. The number of likely N-dealkylation sites (N-methyl/N-ethyl adjacent to an activating group) is 1. The third-order valence-electron chi connectivity index (χ3n) is 9.37. The molecule has 7 rings (SSSR count). The minimum absolute atomic E-state index is 0.00345. The number of benzene rings is 2. The van der Waals surface area contributed by atoms with Crippen molar-refractivity contribution in [1.29, 1.82) is 0 Å². The number of piperazine rings is 1. The van der Waals surface area contributed by atoms with Crippen LogP contribution in [0, 0.1) is 0 Å². The van der Waals surface area contributed by atoms with Gasteiger partial charge in [0.25, 0.3) is 0 Å². The van der Waals surface area contributed by atoms with Crippen molar-refractivity contribution in [2.75, 3.05) is 95.0 Å². The van der Waals surface area contributed by atoms with Gasteiger partial charge in [0.2, 0.25) is 11.9 Å². The molecule has 0 radical (unpaired) electrons. The predicted octanol–water partition coefficient (Wildman–Crippen LogP) is 3.72. The molecule has 5 heterocycles. The molecule has 3 aliphatic rings. The third-order valence-corrected chi connectivity index (χ3v) is 9.37. The molecule has 2 fully saturated rings. The SMILES string of the molecule is COc1ccc(CN(Cc2ccc(OC)cc2)c2ncc(-c3nc(N4CCOCC4)nc4c3CCN4C(=O)N3CCN(C)CC3)cn2)cc1. The number of methoxy groups -OCH3 is 2. The maximum absolute atomic E-state index is 13.8. The number of carbonyl (C=O) groups is 1. The summed E-state index contributed by atoms with van der Waals surface area (Å²) in [6.45, 7) is 7.47. The summed E-state index contributed by atoms with van der Waals surface area (Å²) >= 11 is 0. The van der Waals surface area contributed by atoms with Crippen LogP contribution < -0.4 is 24.2 Å². The van der Waals surface area contributed by atoms with Crippen LogP contribution in [-0.4, -0.2) is 116 Å². The summed E-state index contributed by atoms with van der Waals surface area (Å²) in [5.41, 5.74) is 4.72. The number of fused-ring (bicyclic) bond motifs is 1. The highest BCUT2D eigenvalue weighted by molar-refractivity contribution is 5.94. The van der Waals surface area contributed by atoms with Gasteiger partial charge in [-0.15, -0.1) is 0 Å². The van der Waals surface area contributed by atoms with Crippen LogP contribution in [0.5, 0.6) is 11.5 Å². The zero-order chi connectivity index (χ0) is 33.7. The van der Waals surface area contributed by atoms with E-state index in [0.29, 0.717) is 83.2 Å². The van der Waals surface area contributed by atoms with Crippen molar-refractivity contribution in [3.63, 3.8) is 0 Å². The molecule has 2 aromatic heterocycles. The Morgan fingerprint density at radius 1 is 0.796 bits per heavy atom. The predicted molar refractivity (Wildman–Crippen MR) is 187 cm³/mol. The maximum atomic E-state index is 13.8. The molecule has 0 spiro atoms. The van der Waals surface area contributed by atoms with E-state index >= 15 is 0 Å². The van der Waals surface area contributed by atoms with E-state index in [9.17, 15) is 4.79 Å². The fraction of sp³-hybridized carbons (Fsp3) is 0.417. The van der Waals surface area contributed by atoms with Crippen LogP contribution in [0.15, 0.2) is 60.9 Å². The fourth-order valence-electron chi connectivity index (χ4n) is 6.45. The van der Waals surface area contributed by atoms with Crippen LogP contribution in [-0.2, 0) is 24.2 Å². The smallest absolute Gasteiger partial charge is 0.325 e. The van der Waals surface area contributed by atoms with Gasteiger partial charge < -0.3 is 33.8 Å². The van der Waals surface area contributed by atoms with E-state index in [4.69, 9.17) is 34.1 Å². The second-order valence-electron chi connectivity index (χ2n) is 12.6. The molecule has 0 unspecified atom stereocenters. The van der Waals surface area contributed by atoms with Gasteiger partial charge in [0.1, 0.15) is 17.3 Å². The normalized spacial score (nSPS) is 16.4. The number of hydrogen-bond donors (Lipinski definition) is 0. The average molecular weight is 666 g/mol. The molecule has 2 saturated heterocycles. The van der Waals surface area contributed by atoms with E-state index in [1.54, 1.807) is 14.2 Å². The lowest BCUT2D eigenvalue weighted by molar-refractivity contribution is 0.122. The Balaban J connectivity index is 1.20. The monoisotopic (exact) mass is 665 g/mol. The second kappa shape index (κ2) is 14.6. The number of carbonyl (C=O) groups excluding carboxylic acids is 1. The van der Waals surface area contributed by atoms with Gasteiger partial charge in [0.05, 0.1) is 33.1 Å². The van der Waals surface area contributed by atoms with Crippen molar-refractivity contribution >= 4 is 23.7 Å². The van der Waals surface area contributed by atoms with Crippen LogP contribution in [0.4, 0.5) is 22.5 Å². The number of amides is 2. The van der Waals surface area contributed by atoms with Gasteiger partial charge in [-0.3, -0.25) is 4.90 Å². The molecule has 0 saturated carbocycles. The van der Waals surface area contributed by atoms with Crippen molar-refractivity contribution in [2.45, 2.75) is 19.5 Å². The molecule has 0 aliphatic carbocycles. The Kier molecular flexibility index (Phi) is 9.71. The minimum atomic E-state index is 0.00345. The molecule has 3 aliphatic heterocycles. The number of rotatable bonds is 9. The molecule has 0 bridgehead atoms. The molecular formula is C36H43N9O4. The first-order chi connectivity index (χ1) is 24.0. The van der Waals surface area contributed by atoms with Gasteiger partial charge >= 0.3 is 6.03 Å². The zero-order valence-electron chi connectivity index (χ0n) is 28.4. The Morgan fingerprint density at radius 2 is 1.39 bits per heavy atom. The summed E-state index contributed by atoms with van der Waals surface area (Å²) in [7, 11) is 5.42. The topological polar surface area (TPSA) is 113 Å². The van der Waals surface area contributed by atoms with E-state index in [1.165, 1.54) is 0 Å². The van der Waals surface area contributed by atoms with E-state index in [2.05, 4.69) is 46.0 Å². The molecule has 0 N–H and O–H groups in total. The van der Waals surface area contributed by atoms with Crippen molar-refractivity contribution in [3.8, 4) is 22.8 Å². The van der Waals surface area contributed by atoms with Crippen molar-refractivity contribution in [1.82, 2.24) is 29.7 Å². The highest BCUT2D eigenvalue weighted by atomic mass is 16.5. The van der Waals surface area contributed by atoms with Gasteiger partial charge in [-0.05, 0) is 48.9 Å². The van der Waals surface area contributed by atoms with Gasteiger partial charge in [-0.2, -0.15) is 4.98 Å². The first-order valence-electron chi connectivity index (χ1n) is 16.8. The standard InChI is InChI=1S/C36H43N9O4/c1-41-14-16-43(17-15-41)36(46)45-13-12-31-32(39-35(40-33(31)45)42-18-20-49-21-19-42)28-22-37-34(38-23-28)44(24-26-4-8-29(47-2)9-5-26)25-27-6-10-30(48-3)11-7-27/h4-11,22-23H,12-21,24-25H2,1-3H3. The van der Waals surface area contributed by atoms with Crippen LogP contribution in [0.2, 0.25) is 0 Å². The summed E-state index contributed by atoms with van der Waals surface area (Å²) in [6.07, 6.45) is 4.35. The number of aromatic nitrogens is 4. The molecule has 13 nitrogen and oxygen atoms in total. The number of nitrogens with zero attached hydrogens (tertiary/aromatic N) is 9. The van der Waals surface area contributed by atoms with Crippen LogP contribution in [0.3, 0.4) is 0 Å². The summed E-state index contributed by atoms with van der Waals surface area (Å²) in [5, 5.41) is 0. The highest BCUT2D eigenvalue weighted by Gasteiger charge is 2.35. The highest BCUT2D eigenvalue weighted by Crippen LogP contribution is 2.36. The molecule has 4 aromatic rings. The van der Waals surface area contributed by atoms with Crippen LogP contribution >= 0.6 is 0 Å². The lowest BCUT2D eigenvalue weighted by Crippen LogP contribution is -2.51. The molecule has 256 valence electrons. The molecule has 2 amide bonds. The zero-order valence-corrected chi connectivity index (χ0v) is 28.4. The molecular weight excluding hydrogens is 622 g/mol. The summed E-state index contributed by atoms with van der Waals surface area (Å²) in [4.78, 5) is 44.0. The van der Waals surface area contributed by atoms with Gasteiger partial charge in [-0.25, -0.2) is 19.7 Å². The average Bonchev–Trinajstić information content (AvgIpc) is 3.59. The van der Waals surface area contributed by atoms with Gasteiger partial charge in [0, 0.05) is 82.4 Å². The lowest BCUT2D eigenvalue weighted by Gasteiger charge is -2.35. The number of hydrogen-bond acceptors (Lipinski definition) is 11. The largest absolute Gasteiger partial charge is 0.497 e. The molecule has 49 heavy (non-hydrogen) atoms. The van der Waals surface area contributed by atoms with Crippen molar-refractivity contribution in [3.05, 3.63) is 77.6 Å². The molecule has 0 atom stereocenters. The quantitative estimate of drug-likeness (QED) is 0.261.